The molecule has 1 amide bonds. The maximum Gasteiger partial charge on any atom is 0.251 e. The Kier molecular flexibility index (Phi) is 4.65. The fourth-order valence-corrected chi connectivity index (χ4v) is 2.47. The van der Waals surface area contributed by atoms with Gasteiger partial charge in [0.2, 0.25) is 0 Å². The fourth-order valence-electron chi connectivity index (χ4n) is 1.76. The van der Waals surface area contributed by atoms with Crippen molar-refractivity contribution in [2.45, 2.75) is 20.1 Å². The van der Waals surface area contributed by atoms with Crippen LogP contribution in [0.4, 0.5) is 0 Å². The summed E-state index contributed by atoms with van der Waals surface area (Å²) in [4.78, 5) is 16.4. The number of aromatic nitrogens is 1. The van der Waals surface area contributed by atoms with E-state index in [-0.39, 0.29) is 5.91 Å². The van der Waals surface area contributed by atoms with Crippen LogP contribution in [0, 0.1) is 6.92 Å². The van der Waals surface area contributed by atoms with Gasteiger partial charge in [0.15, 0.2) is 0 Å². The highest BCUT2D eigenvalue weighted by Gasteiger charge is 2.10. The molecule has 5 heteroatoms. The van der Waals surface area contributed by atoms with Crippen molar-refractivity contribution in [3.05, 3.63) is 51.5 Å². The molecule has 1 aromatic heterocycles. The number of ether oxygens (including phenoxy) is 1. The third kappa shape index (κ3) is 3.62. The van der Waals surface area contributed by atoms with E-state index in [4.69, 9.17) is 4.74 Å². The third-order valence-electron chi connectivity index (χ3n) is 2.63. The molecule has 0 spiro atoms. The molecule has 0 fully saturated rings. The number of amides is 1. The monoisotopic (exact) mass is 276 g/mol. The maximum absolute atomic E-state index is 12.1. The molecule has 0 radical (unpaired) electrons. The zero-order valence-electron chi connectivity index (χ0n) is 11.0. The summed E-state index contributed by atoms with van der Waals surface area (Å²) in [7, 11) is 1.62. The van der Waals surface area contributed by atoms with Crippen LogP contribution < -0.4 is 5.32 Å². The molecule has 2 aromatic rings. The Morgan fingerprint density at radius 1 is 1.42 bits per heavy atom. The first-order chi connectivity index (χ1) is 9.20. The van der Waals surface area contributed by atoms with Crippen LogP contribution in [0.2, 0.25) is 0 Å². The number of methoxy groups -OCH3 is 1. The topological polar surface area (TPSA) is 51.2 Å². The van der Waals surface area contributed by atoms with Gasteiger partial charge in [0.05, 0.1) is 13.2 Å². The van der Waals surface area contributed by atoms with Gasteiger partial charge in [-0.1, -0.05) is 18.2 Å². The predicted octanol–water partition coefficient (Wildman–Crippen LogP) is 2.53. The van der Waals surface area contributed by atoms with Crippen LogP contribution in [0.3, 0.4) is 0 Å². The minimum absolute atomic E-state index is 0.0968. The molecule has 0 aliphatic rings. The number of aryl methyl sites for hydroxylation is 1. The van der Waals surface area contributed by atoms with E-state index in [1.807, 2.05) is 30.5 Å². The molecule has 0 atom stereocenters. The average Bonchev–Trinajstić information content (AvgIpc) is 2.83. The number of carbonyl (C=O) groups is 1. The standard InChI is InChI=1S/C14H16N2O2S/c1-10-9-19-13(16-10)7-15-14(17)12-6-4-3-5-11(12)8-18-2/h3-6,9H,7-8H2,1-2H3,(H,15,17). The van der Waals surface area contributed by atoms with Crippen molar-refractivity contribution in [2.24, 2.45) is 0 Å². The summed E-state index contributed by atoms with van der Waals surface area (Å²) in [5, 5.41) is 5.77. The van der Waals surface area contributed by atoms with E-state index in [0.717, 1.165) is 16.3 Å². The lowest BCUT2D eigenvalue weighted by molar-refractivity contribution is 0.0946. The number of carbonyl (C=O) groups excluding carboxylic acids is 1. The molecule has 4 nitrogen and oxygen atoms in total. The van der Waals surface area contributed by atoms with Crippen LogP contribution in [-0.4, -0.2) is 18.0 Å². The minimum atomic E-state index is -0.0968. The second kappa shape index (κ2) is 6.45. The smallest absolute Gasteiger partial charge is 0.251 e. The van der Waals surface area contributed by atoms with Gasteiger partial charge in [-0.2, -0.15) is 0 Å². The van der Waals surface area contributed by atoms with Crippen molar-refractivity contribution in [1.29, 1.82) is 0 Å². The molecule has 0 aliphatic carbocycles. The van der Waals surface area contributed by atoms with Crippen LogP contribution >= 0.6 is 11.3 Å². The normalized spacial score (nSPS) is 10.4. The molecule has 0 aliphatic heterocycles. The first-order valence-electron chi connectivity index (χ1n) is 5.96. The van der Waals surface area contributed by atoms with Crippen molar-refractivity contribution in [1.82, 2.24) is 10.3 Å². The number of benzene rings is 1. The Labute approximate surface area is 116 Å². The Hall–Kier alpha value is -1.72. The molecule has 0 unspecified atom stereocenters. The number of hydrogen-bond donors (Lipinski definition) is 1. The zero-order valence-corrected chi connectivity index (χ0v) is 11.8. The molecule has 2 rings (SSSR count). The van der Waals surface area contributed by atoms with Crippen LogP contribution in [0.1, 0.15) is 26.6 Å². The molecule has 1 heterocycles. The van der Waals surface area contributed by atoms with E-state index >= 15 is 0 Å². The highest BCUT2D eigenvalue weighted by atomic mass is 32.1. The van der Waals surface area contributed by atoms with Gasteiger partial charge in [0, 0.05) is 23.7 Å². The predicted molar refractivity (Wildman–Crippen MR) is 75.2 cm³/mol. The summed E-state index contributed by atoms with van der Waals surface area (Å²) in [6, 6.07) is 7.44. The van der Waals surface area contributed by atoms with Gasteiger partial charge < -0.3 is 10.1 Å². The van der Waals surface area contributed by atoms with Gasteiger partial charge in [-0.25, -0.2) is 4.98 Å². The van der Waals surface area contributed by atoms with Crippen molar-refractivity contribution in [3.8, 4) is 0 Å². The lowest BCUT2D eigenvalue weighted by Gasteiger charge is -2.08. The Balaban J connectivity index is 2.03. The number of nitrogens with zero attached hydrogens (tertiary/aromatic N) is 1. The number of hydrogen-bond acceptors (Lipinski definition) is 4. The van der Waals surface area contributed by atoms with E-state index in [1.165, 1.54) is 0 Å². The number of nitrogens with one attached hydrogen (secondary N) is 1. The molecular formula is C14H16N2O2S. The number of rotatable bonds is 5. The lowest BCUT2D eigenvalue weighted by Crippen LogP contribution is -2.24. The quantitative estimate of drug-likeness (QED) is 0.913. The van der Waals surface area contributed by atoms with E-state index in [9.17, 15) is 4.79 Å². The van der Waals surface area contributed by atoms with Gasteiger partial charge in [-0.15, -0.1) is 11.3 Å². The van der Waals surface area contributed by atoms with Gasteiger partial charge >= 0.3 is 0 Å². The van der Waals surface area contributed by atoms with Crippen LogP contribution in [0.5, 0.6) is 0 Å². The Bertz CT molecular complexity index is 566. The molecule has 1 N–H and O–H groups in total. The third-order valence-corrected chi connectivity index (χ3v) is 3.60. The Morgan fingerprint density at radius 2 is 2.21 bits per heavy atom. The van der Waals surface area contributed by atoms with Gasteiger partial charge in [0.25, 0.3) is 5.91 Å². The fraction of sp³-hybridized carbons (Fsp3) is 0.286. The Morgan fingerprint density at radius 3 is 2.89 bits per heavy atom. The zero-order chi connectivity index (χ0) is 13.7. The van der Waals surface area contributed by atoms with E-state index in [0.29, 0.717) is 18.7 Å². The maximum atomic E-state index is 12.1. The summed E-state index contributed by atoms with van der Waals surface area (Å²) in [6.07, 6.45) is 0. The highest BCUT2D eigenvalue weighted by Crippen LogP contribution is 2.11. The van der Waals surface area contributed by atoms with Crippen molar-refractivity contribution in [2.75, 3.05) is 7.11 Å². The van der Waals surface area contributed by atoms with E-state index < -0.39 is 0 Å². The van der Waals surface area contributed by atoms with E-state index in [2.05, 4.69) is 10.3 Å². The lowest BCUT2D eigenvalue weighted by atomic mass is 10.1. The van der Waals surface area contributed by atoms with Crippen LogP contribution in [0.15, 0.2) is 29.6 Å². The van der Waals surface area contributed by atoms with Gasteiger partial charge in [-0.3, -0.25) is 4.79 Å². The highest BCUT2D eigenvalue weighted by molar-refractivity contribution is 7.09. The minimum Gasteiger partial charge on any atom is -0.380 e. The summed E-state index contributed by atoms with van der Waals surface area (Å²) >= 11 is 1.55. The number of thiazole rings is 1. The van der Waals surface area contributed by atoms with E-state index in [1.54, 1.807) is 24.5 Å². The molecule has 0 bridgehead atoms. The van der Waals surface area contributed by atoms with Gasteiger partial charge in [0.1, 0.15) is 5.01 Å². The first kappa shape index (κ1) is 13.7. The van der Waals surface area contributed by atoms with Crippen molar-refractivity contribution >= 4 is 17.2 Å². The van der Waals surface area contributed by atoms with Crippen LogP contribution in [0.25, 0.3) is 0 Å². The summed E-state index contributed by atoms with van der Waals surface area (Å²) in [6.45, 7) is 2.83. The van der Waals surface area contributed by atoms with Crippen molar-refractivity contribution < 1.29 is 9.53 Å². The SMILES string of the molecule is COCc1ccccc1C(=O)NCc1nc(C)cs1. The van der Waals surface area contributed by atoms with Crippen molar-refractivity contribution in [3.63, 3.8) is 0 Å². The summed E-state index contributed by atoms with van der Waals surface area (Å²) < 4.78 is 5.09. The van der Waals surface area contributed by atoms with Crippen LogP contribution in [-0.2, 0) is 17.9 Å². The second-order valence-corrected chi connectivity index (χ2v) is 5.10. The average molecular weight is 276 g/mol. The largest absolute Gasteiger partial charge is 0.380 e. The molecular weight excluding hydrogens is 260 g/mol. The molecule has 0 saturated carbocycles. The first-order valence-corrected chi connectivity index (χ1v) is 6.84. The summed E-state index contributed by atoms with van der Waals surface area (Å²) in [5.74, 6) is -0.0968. The molecule has 1 aromatic carbocycles. The summed E-state index contributed by atoms with van der Waals surface area (Å²) in [5.41, 5.74) is 2.52. The molecule has 19 heavy (non-hydrogen) atoms. The molecule has 0 saturated heterocycles. The molecule has 100 valence electrons. The second-order valence-electron chi connectivity index (χ2n) is 4.16. The van der Waals surface area contributed by atoms with Gasteiger partial charge in [-0.05, 0) is 18.6 Å².